The molecule has 0 aliphatic heterocycles. The van der Waals surface area contributed by atoms with Crippen molar-refractivity contribution in [1.29, 1.82) is 0 Å². The van der Waals surface area contributed by atoms with Crippen molar-refractivity contribution in [2.75, 3.05) is 12.3 Å². The van der Waals surface area contributed by atoms with Crippen LogP contribution in [0.5, 0.6) is 0 Å². The first kappa shape index (κ1) is 10.7. The summed E-state index contributed by atoms with van der Waals surface area (Å²) in [5, 5.41) is 8.91. The highest BCUT2D eigenvalue weighted by atomic mass is 16.3. The van der Waals surface area contributed by atoms with Gasteiger partial charge < -0.3 is 15.4 Å². The van der Waals surface area contributed by atoms with Crippen LogP contribution < -0.4 is 5.73 Å². The van der Waals surface area contributed by atoms with E-state index in [1.807, 2.05) is 35.0 Å². The second-order valence-corrected chi connectivity index (χ2v) is 3.64. The van der Waals surface area contributed by atoms with Gasteiger partial charge in [0.2, 0.25) is 0 Å². The van der Waals surface area contributed by atoms with Crippen LogP contribution in [0.1, 0.15) is 11.4 Å². The van der Waals surface area contributed by atoms with Crippen LogP contribution in [0.15, 0.2) is 36.7 Å². The molecule has 2 aromatic rings. The summed E-state index contributed by atoms with van der Waals surface area (Å²) < 4.78 is 1.94. The fourth-order valence-electron chi connectivity index (χ4n) is 1.68. The maximum Gasteiger partial charge on any atom is 0.113 e. The van der Waals surface area contributed by atoms with Crippen LogP contribution in [0.4, 0.5) is 5.69 Å². The lowest BCUT2D eigenvalue weighted by atomic mass is 10.1. The predicted molar refractivity (Wildman–Crippen MR) is 63.0 cm³/mol. The van der Waals surface area contributed by atoms with Gasteiger partial charge in [0.1, 0.15) is 5.82 Å². The number of rotatable bonds is 4. The molecule has 4 nitrogen and oxygen atoms in total. The average Bonchev–Trinajstić information content (AvgIpc) is 2.70. The molecule has 0 spiro atoms. The molecule has 0 aliphatic rings. The number of benzene rings is 1. The summed E-state index contributed by atoms with van der Waals surface area (Å²) in [5.41, 5.74) is 7.72. The van der Waals surface area contributed by atoms with E-state index in [1.54, 1.807) is 6.20 Å². The number of aliphatic hydroxyl groups is 1. The van der Waals surface area contributed by atoms with Crippen molar-refractivity contribution in [3.8, 4) is 0 Å². The Kier molecular flexibility index (Phi) is 3.22. The van der Waals surface area contributed by atoms with Crippen molar-refractivity contribution in [2.45, 2.75) is 13.0 Å². The van der Waals surface area contributed by atoms with E-state index in [1.165, 1.54) is 0 Å². The Bertz CT molecular complexity index is 465. The van der Waals surface area contributed by atoms with E-state index >= 15 is 0 Å². The number of hydrogen-bond donors (Lipinski definition) is 2. The highest BCUT2D eigenvalue weighted by Crippen LogP contribution is 2.14. The first-order chi connectivity index (χ1) is 7.81. The number of anilines is 1. The summed E-state index contributed by atoms with van der Waals surface area (Å²) >= 11 is 0. The molecule has 4 heteroatoms. The van der Waals surface area contributed by atoms with Crippen LogP contribution in [0.3, 0.4) is 0 Å². The van der Waals surface area contributed by atoms with Gasteiger partial charge in [0.25, 0.3) is 0 Å². The summed E-state index contributed by atoms with van der Waals surface area (Å²) in [6, 6.07) is 7.76. The zero-order valence-corrected chi connectivity index (χ0v) is 9.00. The monoisotopic (exact) mass is 217 g/mol. The first-order valence-corrected chi connectivity index (χ1v) is 5.25. The third-order valence-corrected chi connectivity index (χ3v) is 2.55. The SMILES string of the molecule is Nc1ccccc1Cc1nccn1CCO. The van der Waals surface area contributed by atoms with E-state index in [0.29, 0.717) is 13.0 Å². The molecular weight excluding hydrogens is 202 g/mol. The number of nitrogens with two attached hydrogens (primary N) is 1. The Balaban J connectivity index is 2.20. The molecule has 1 aromatic carbocycles. The fourth-order valence-corrected chi connectivity index (χ4v) is 1.68. The molecular formula is C12H15N3O. The van der Waals surface area contributed by atoms with Gasteiger partial charge in [0.05, 0.1) is 6.61 Å². The van der Waals surface area contributed by atoms with E-state index in [4.69, 9.17) is 10.8 Å². The fraction of sp³-hybridized carbons (Fsp3) is 0.250. The minimum atomic E-state index is 0.119. The molecule has 0 saturated carbocycles. The number of nitrogen functional groups attached to an aromatic ring is 1. The van der Waals surface area contributed by atoms with Gasteiger partial charge in [-0.05, 0) is 11.6 Å². The molecule has 0 fully saturated rings. The number of aromatic nitrogens is 2. The van der Waals surface area contributed by atoms with Gasteiger partial charge in [0.15, 0.2) is 0 Å². The van der Waals surface area contributed by atoms with Crippen molar-refractivity contribution >= 4 is 5.69 Å². The average molecular weight is 217 g/mol. The van der Waals surface area contributed by atoms with Gasteiger partial charge in [0, 0.05) is 31.0 Å². The Labute approximate surface area is 94.4 Å². The van der Waals surface area contributed by atoms with E-state index in [9.17, 15) is 0 Å². The minimum absolute atomic E-state index is 0.119. The summed E-state index contributed by atoms with van der Waals surface area (Å²) in [6.07, 6.45) is 4.30. The van der Waals surface area contributed by atoms with E-state index in [2.05, 4.69) is 4.98 Å². The number of hydrogen-bond acceptors (Lipinski definition) is 3. The number of nitrogens with zero attached hydrogens (tertiary/aromatic N) is 2. The van der Waals surface area contributed by atoms with Gasteiger partial charge in [-0.1, -0.05) is 18.2 Å². The van der Waals surface area contributed by atoms with Crippen LogP contribution in [-0.4, -0.2) is 21.3 Å². The molecule has 1 heterocycles. The van der Waals surface area contributed by atoms with Gasteiger partial charge in [-0.15, -0.1) is 0 Å². The summed E-state index contributed by atoms with van der Waals surface area (Å²) in [4.78, 5) is 4.27. The maximum absolute atomic E-state index is 8.91. The molecule has 1 aromatic heterocycles. The normalized spacial score (nSPS) is 10.6. The molecule has 0 saturated heterocycles. The molecule has 0 atom stereocenters. The molecule has 0 radical (unpaired) electrons. The third-order valence-electron chi connectivity index (χ3n) is 2.55. The van der Waals surface area contributed by atoms with Crippen molar-refractivity contribution < 1.29 is 5.11 Å². The maximum atomic E-state index is 8.91. The molecule has 0 unspecified atom stereocenters. The summed E-state index contributed by atoms with van der Waals surface area (Å²) in [6.45, 7) is 0.690. The predicted octanol–water partition coefficient (Wildman–Crippen LogP) is 1.05. The Morgan fingerprint density at radius 2 is 2.12 bits per heavy atom. The van der Waals surface area contributed by atoms with Gasteiger partial charge >= 0.3 is 0 Å². The zero-order valence-electron chi connectivity index (χ0n) is 9.00. The Morgan fingerprint density at radius 1 is 1.31 bits per heavy atom. The van der Waals surface area contributed by atoms with Gasteiger partial charge in [-0.25, -0.2) is 4.98 Å². The van der Waals surface area contributed by atoms with Crippen LogP contribution >= 0.6 is 0 Å². The Morgan fingerprint density at radius 3 is 2.88 bits per heavy atom. The smallest absolute Gasteiger partial charge is 0.113 e. The molecule has 3 N–H and O–H groups in total. The lowest BCUT2D eigenvalue weighted by Crippen LogP contribution is -2.07. The van der Waals surface area contributed by atoms with Crippen LogP contribution in [0.2, 0.25) is 0 Å². The number of para-hydroxylation sites is 1. The third kappa shape index (κ3) is 2.23. The lowest BCUT2D eigenvalue weighted by molar-refractivity contribution is 0.274. The summed E-state index contributed by atoms with van der Waals surface area (Å²) in [5.74, 6) is 0.923. The van der Waals surface area contributed by atoms with Crippen molar-refractivity contribution in [1.82, 2.24) is 9.55 Å². The van der Waals surface area contributed by atoms with E-state index < -0.39 is 0 Å². The van der Waals surface area contributed by atoms with Crippen LogP contribution in [0.25, 0.3) is 0 Å². The molecule has 0 bridgehead atoms. The zero-order chi connectivity index (χ0) is 11.4. The largest absolute Gasteiger partial charge is 0.398 e. The van der Waals surface area contributed by atoms with E-state index in [-0.39, 0.29) is 6.61 Å². The standard InChI is InChI=1S/C12H15N3O/c13-11-4-2-1-3-10(11)9-12-14-5-6-15(12)7-8-16/h1-6,16H,7-9,13H2. The van der Waals surface area contributed by atoms with Crippen molar-refractivity contribution in [3.63, 3.8) is 0 Å². The summed E-state index contributed by atoms with van der Waals surface area (Å²) in [7, 11) is 0. The molecule has 0 aliphatic carbocycles. The highest BCUT2D eigenvalue weighted by molar-refractivity contribution is 5.47. The molecule has 0 amide bonds. The quantitative estimate of drug-likeness (QED) is 0.752. The highest BCUT2D eigenvalue weighted by Gasteiger charge is 2.05. The topological polar surface area (TPSA) is 64.1 Å². The molecule has 84 valence electrons. The number of aliphatic hydroxyl groups excluding tert-OH is 1. The first-order valence-electron chi connectivity index (χ1n) is 5.25. The minimum Gasteiger partial charge on any atom is -0.398 e. The van der Waals surface area contributed by atoms with Crippen LogP contribution in [0, 0.1) is 0 Å². The molecule has 16 heavy (non-hydrogen) atoms. The van der Waals surface area contributed by atoms with Crippen molar-refractivity contribution in [3.05, 3.63) is 48.0 Å². The van der Waals surface area contributed by atoms with E-state index in [0.717, 1.165) is 17.1 Å². The number of imidazole rings is 1. The van der Waals surface area contributed by atoms with Crippen LogP contribution in [-0.2, 0) is 13.0 Å². The molecule has 2 rings (SSSR count). The van der Waals surface area contributed by atoms with Gasteiger partial charge in [-0.3, -0.25) is 0 Å². The van der Waals surface area contributed by atoms with Crippen molar-refractivity contribution in [2.24, 2.45) is 0 Å². The Hall–Kier alpha value is -1.81. The van der Waals surface area contributed by atoms with Gasteiger partial charge in [-0.2, -0.15) is 0 Å². The second kappa shape index (κ2) is 4.81. The second-order valence-electron chi connectivity index (χ2n) is 3.64. The lowest BCUT2D eigenvalue weighted by Gasteiger charge is -2.07.